The highest BCUT2D eigenvalue weighted by Crippen LogP contribution is 2.21. The SMILES string of the molecule is Cc1cc(C)c(S(=O)(=O)NC(C)C(C)C)cc1C(=O)O. The fraction of sp³-hybridized carbons (Fsp3) is 0.500. The van der Waals surface area contributed by atoms with Crippen LogP contribution in [-0.2, 0) is 10.0 Å². The second-order valence-electron chi connectivity index (χ2n) is 5.39. The van der Waals surface area contributed by atoms with Crippen LogP contribution in [0.2, 0.25) is 0 Å². The molecule has 0 aliphatic carbocycles. The molecule has 0 heterocycles. The molecule has 1 rings (SSSR count). The summed E-state index contributed by atoms with van der Waals surface area (Å²) in [5.74, 6) is -0.981. The third kappa shape index (κ3) is 3.58. The zero-order valence-electron chi connectivity index (χ0n) is 12.4. The van der Waals surface area contributed by atoms with E-state index < -0.39 is 16.0 Å². The number of hydrogen-bond donors (Lipinski definition) is 2. The Morgan fingerprint density at radius 1 is 1.15 bits per heavy atom. The molecular weight excluding hydrogens is 278 g/mol. The van der Waals surface area contributed by atoms with Crippen molar-refractivity contribution in [2.75, 3.05) is 0 Å². The standard InChI is InChI=1S/C14H21NO4S/c1-8(2)11(5)15-20(18,19)13-7-12(14(16)17)9(3)6-10(13)4/h6-8,11,15H,1-5H3,(H,16,17). The molecule has 0 aromatic heterocycles. The molecule has 1 aromatic carbocycles. The van der Waals surface area contributed by atoms with Crippen LogP contribution < -0.4 is 4.72 Å². The van der Waals surface area contributed by atoms with Crippen molar-refractivity contribution in [3.05, 3.63) is 28.8 Å². The van der Waals surface area contributed by atoms with E-state index in [0.29, 0.717) is 11.1 Å². The molecule has 0 aliphatic rings. The number of rotatable bonds is 5. The zero-order valence-corrected chi connectivity index (χ0v) is 13.2. The molecule has 2 N–H and O–H groups in total. The first-order valence-electron chi connectivity index (χ1n) is 6.43. The van der Waals surface area contributed by atoms with Crippen molar-refractivity contribution in [1.29, 1.82) is 0 Å². The molecule has 1 unspecified atom stereocenters. The quantitative estimate of drug-likeness (QED) is 0.874. The Morgan fingerprint density at radius 2 is 1.70 bits per heavy atom. The second kappa shape index (κ2) is 5.93. The zero-order chi connectivity index (χ0) is 15.7. The molecule has 0 spiro atoms. The maximum absolute atomic E-state index is 12.3. The van der Waals surface area contributed by atoms with Crippen LogP contribution >= 0.6 is 0 Å². The monoisotopic (exact) mass is 299 g/mol. The minimum Gasteiger partial charge on any atom is -0.478 e. The van der Waals surface area contributed by atoms with Crippen molar-refractivity contribution < 1.29 is 18.3 Å². The number of carboxylic acid groups (broad SMARTS) is 1. The van der Waals surface area contributed by atoms with Crippen LogP contribution in [0.3, 0.4) is 0 Å². The van der Waals surface area contributed by atoms with E-state index in [1.807, 2.05) is 13.8 Å². The predicted octanol–water partition coefficient (Wildman–Crippen LogP) is 2.32. The van der Waals surface area contributed by atoms with Crippen LogP contribution in [0.5, 0.6) is 0 Å². The van der Waals surface area contributed by atoms with Gasteiger partial charge in [0.2, 0.25) is 10.0 Å². The number of benzene rings is 1. The van der Waals surface area contributed by atoms with Crippen molar-refractivity contribution in [3.8, 4) is 0 Å². The lowest BCUT2D eigenvalue weighted by Gasteiger charge is -2.19. The number of aromatic carboxylic acids is 1. The Hall–Kier alpha value is -1.40. The lowest BCUT2D eigenvalue weighted by molar-refractivity contribution is 0.0696. The van der Waals surface area contributed by atoms with Gasteiger partial charge in [-0.05, 0) is 43.9 Å². The highest BCUT2D eigenvalue weighted by atomic mass is 32.2. The first-order valence-corrected chi connectivity index (χ1v) is 7.91. The molecule has 6 heteroatoms. The van der Waals surface area contributed by atoms with E-state index in [1.54, 1.807) is 26.8 Å². The van der Waals surface area contributed by atoms with Gasteiger partial charge in [-0.25, -0.2) is 17.9 Å². The summed E-state index contributed by atoms with van der Waals surface area (Å²) in [5.41, 5.74) is 1.09. The minimum absolute atomic E-state index is 0.00757. The lowest BCUT2D eigenvalue weighted by Crippen LogP contribution is -2.36. The summed E-state index contributed by atoms with van der Waals surface area (Å²) in [5, 5.41) is 9.10. The molecule has 1 atom stereocenters. The van der Waals surface area contributed by atoms with Crippen LogP contribution in [0.15, 0.2) is 17.0 Å². The van der Waals surface area contributed by atoms with Gasteiger partial charge in [0, 0.05) is 6.04 Å². The van der Waals surface area contributed by atoms with Gasteiger partial charge >= 0.3 is 5.97 Å². The Kier molecular flexibility index (Phi) is 4.94. The molecule has 112 valence electrons. The molecule has 0 aliphatic heterocycles. The summed E-state index contributed by atoms with van der Waals surface area (Å²) in [4.78, 5) is 11.1. The number of nitrogens with one attached hydrogen (secondary N) is 1. The van der Waals surface area contributed by atoms with E-state index in [-0.39, 0.29) is 22.4 Å². The van der Waals surface area contributed by atoms with Crippen molar-refractivity contribution in [3.63, 3.8) is 0 Å². The number of carboxylic acids is 1. The van der Waals surface area contributed by atoms with Gasteiger partial charge in [-0.15, -0.1) is 0 Å². The smallest absolute Gasteiger partial charge is 0.335 e. The Labute approximate surface area is 120 Å². The molecule has 0 fully saturated rings. The Morgan fingerprint density at radius 3 is 2.15 bits per heavy atom. The molecule has 20 heavy (non-hydrogen) atoms. The Bertz CT molecular complexity index is 620. The van der Waals surface area contributed by atoms with Gasteiger partial charge in [-0.2, -0.15) is 0 Å². The molecule has 0 bridgehead atoms. The average molecular weight is 299 g/mol. The van der Waals surface area contributed by atoms with E-state index in [4.69, 9.17) is 5.11 Å². The van der Waals surface area contributed by atoms with E-state index >= 15 is 0 Å². The highest BCUT2D eigenvalue weighted by molar-refractivity contribution is 7.89. The summed E-state index contributed by atoms with van der Waals surface area (Å²) in [6, 6.07) is 2.58. The number of hydrogen-bond acceptors (Lipinski definition) is 3. The molecule has 0 saturated carbocycles. The second-order valence-corrected chi connectivity index (χ2v) is 7.07. The third-order valence-corrected chi connectivity index (χ3v) is 5.08. The molecule has 0 amide bonds. The van der Waals surface area contributed by atoms with E-state index in [1.165, 1.54) is 6.07 Å². The summed E-state index contributed by atoms with van der Waals surface area (Å²) < 4.78 is 27.3. The topological polar surface area (TPSA) is 83.5 Å². The van der Waals surface area contributed by atoms with Gasteiger partial charge < -0.3 is 5.11 Å². The molecular formula is C14H21NO4S. The van der Waals surface area contributed by atoms with Gasteiger partial charge in [0.25, 0.3) is 0 Å². The summed E-state index contributed by atoms with van der Waals surface area (Å²) in [6.45, 7) is 8.92. The summed E-state index contributed by atoms with van der Waals surface area (Å²) in [7, 11) is -3.72. The highest BCUT2D eigenvalue weighted by Gasteiger charge is 2.23. The number of carbonyl (C=O) groups is 1. The maximum Gasteiger partial charge on any atom is 0.335 e. The lowest BCUT2D eigenvalue weighted by atomic mass is 10.1. The molecule has 5 nitrogen and oxygen atoms in total. The molecule has 1 aromatic rings. The van der Waals surface area contributed by atoms with Crippen molar-refractivity contribution in [1.82, 2.24) is 4.72 Å². The molecule has 0 saturated heterocycles. The third-order valence-electron chi connectivity index (χ3n) is 3.38. The van der Waals surface area contributed by atoms with Crippen molar-refractivity contribution in [2.24, 2.45) is 5.92 Å². The normalized spacial score (nSPS) is 13.5. The van der Waals surface area contributed by atoms with Crippen LogP contribution in [0.1, 0.15) is 42.3 Å². The average Bonchev–Trinajstić information content (AvgIpc) is 2.26. The van der Waals surface area contributed by atoms with Crippen molar-refractivity contribution in [2.45, 2.75) is 45.6 Å². The largest absolute Gasteiger partial charge is 0.478 e. The summed E-state index contributed by atoms with van der Waals surface area (Å²) in [6.07, 6.45) is 0. The van der Waals surface area contributed by atoms with Crippen LogP contribution in [0, 0.1) is 19.8 Å². The summed E-state index contributed by atoms with van der Waals surface area (Å²) >= 11 is 0. The minimum atomic E-state index is -3.72. The van der Waals surface area contributed by atoms with Gasteiger partial charge in [-0.3, -0.25) is 0 Å². The fourth-order valence-electron chi connectivity index (χ4n) is 1.80. The fourth-order valence-corrected chi connectivity index (χ4v) is 3.44. The van der Waals surface area contributed by atoms with Gasteiger partial charge in [0.15, 0.2) is 0 Å². The van der Waals surface area contributed by atoms with E-state index in [2.05, 4.69) is 4.72 Å². The first-order chi connectivity index (χ1) is 9.06. The molecule has 0 radical (unpaired) electrons. The number of aryl methyl sites for hydroxylation is 2. The number of sulfonamides is 1. The van der Waals surface area contributed by atoms with Crippen LogP contribution in [0.4, 0.5) is 0 Å². The Balaban J connectivity index is 3.32. The van der Waals surface area contributed by atoms with Crippen molar-refractivity contribution >= 4 is 16.0 Å². The van der Waals surface area contributed by atoms with Crippen LogP contribution in [0.25, 0.3) is 0 Å². The van der Waals surface area contributed by atoms with Gasteiger partial charge in [0.05, 0.1) is 10.5 Å². The maximum atomic E-state index is 12.3. The van der Waals surface area contributed by atoms with Gasteiger partial charge in [0.1, 0.15) is 0 Å². The van der Waals surface area contributed by atoms with E-state index in [0.717, 1.165) is 0 Å². The predicted molar refractivity (Wildman–Crippen MR) is 77.5 cm³/mol. The van der Waals surface area contributed by atoms with Gasteiger partial charge in [-0.1, -0.05) is 19.9 Å². The van der Waals surface area contributed by atoms with Crippen LogP contribution in [-0.4, -0.2) is 25.5 Å². The van der Waals surface area contributed by atoms with E-state index in [9.17, 15) is 13.2 Å². The first kappa shape index (κ1) is 16.7.